The molecule has 0 atom stereocenters. The number of thiophene rings is 1. The van der Waals surface area contributed by atoms with Crippen LogP contribution in [0.1, 0.15) is 0 Å². The maximum atomic E-state index is 6.15. The molecule has 0 aliphatic heterocycles. The van der Waals surface area contributed by atoms with Crippen LogP contribution in [0.5, 0.6) is 0 Å². The maximum Gasteiger partial charge on any atom is 0.226 e. The predicted molar refractivity (Wildman–Crippen MR) is 69.8 cm³/mol. The van der Waals surface area contributed by atoms with Gasteiger partial charge in [0.15, 0.2) is 5.15 Å². The Balaban J connectivity index is 2.46. The lowest BCUT2D eigenvalue weighted by Crippen LogP contribution is -2.12. The molecule has 0 saturated heterocycles. The van der Waals surface area contributed by atoms with Crippen molar-refractivity contribution in [3.05, 3.63) is 17.5 Å². The maximum absolute atomic E-state index is 6.15. The number of hydrogen-bond donors (Lipinski definition) is 0. The Bertz CT molecular complexity index is 708. The van der Waals surface area contributed by atoms with E-state index in [0.29, 0.717) is 11.1 Å². The van der Waals surface area contributed by atoms with E-state index >= 15 is 0 Å². The molecule has 0 unspecified atom stereocenters. The lowest BCUT2D eigenvalue weighted by atomic mass is 10.4. The zero-order chi connectivity index (χ0) is 12.0. The van der Waals surface area contributed by atoms with Gasteiger partial charge in [0, 0.05) is 26.5 Å². The molecule has 3 aromatic heterocycles. The van der Waals surface area contributed by atoms with E-state index in [0.717, 1.165) is 20.6 Å². The second-order valence-electron chi connectivity index (χ2n) is 3.70. The third kappa shape index (κ3) is 1.60. The Labute approximate surface area is 106 Å². The summed E-state index contributed by atoms with van der Waals surface area (Å²) >= 11 is 7.61. The molecule has 3 rings (SSSR count). The summed E-state index contributed by atoms with van der Waals surface area (Å²) in [5.74, 6) is 0.577. The molecule has 7 heteroatoms. The highest BCUT2D eigenvalue weighted by Crippen LogP contribution is 2.34. The van der Waals surface area contributed by atoms with Crippen molar-refractivity contribution in [2.75, 3.05) is 19.0 Å². The number of halogens is 1. The second-order valence-corrected chi connectivity index (χ2v) is 5.06. The average molecular weight is 266 g/mol. The van der Waals surface area contributed by atoms with Gasteiger partial charge in [0.1, 0.15) is 15.9 Å². The first kappa shape index (κ1) is 10.6. The Morgan fingerprint density at radius 1 is 1.12 bits per heavy atom. The van der Waals surface area contributed by atoms with Crippen molar-refractivity contribution in [1.29, 1.82) is 0 Å². The van der Waals surface area contributed by atoms with Crippen molar-refractivity contribution >= 4 is 49.4 Å². The van der Waals surface area contributed by atoms with Crippen molar-refractivity contribution in [3.63, 3.8) is 0 Å². The van der Waals surface area contributed by atoms with Gasteiger partial charge in [-0.2, -0.15) is 4.98 Å². The van der Waals surface area contributed by atoms with Crippen LogP contribution >= 0.6 is 22.9 Å². The van der Waals surface area contributed by atoms with Gasteiger partial charge in [-0.3, -0.25) is 0 Å². The zero-order valence-corrected chi connectivity index (χ0v) is 10.7. The summed E-state index contributed by atoms with van der Waals surface area (Å²) in [7, 11) is 3.75. The fourth-order valence-corrected chi connectivity index (χ4v) is 2.72. The van der Waals surface area contributed by atoms with E-state index in [1.54, 1.807) is 12.4 Å². The fourth-order valence-electron chi connectivity index (χ4n) is 1.52. The van der Waals surface area contributed by atoms with E-state index in [4.69, 9.17) is 11.6 Å². The molecule has 0 spiro atoms. The fraction of sp³-hybridized carbons (Fsp3) is 0.200. The smallest absolute Gasteiger partial charge is 0.226 e. The largest absolute Gasteiger partial charge is 0.347 e. The predicted octanol–water partition coefficient (Wildman–Crippen LogP) is 2.35. The molecule has 86 valence electrons. The van der Waals surface area contributed by atoms with E-state index < -0.39 is 0 Å². The van der Waals surface area contributed by atoms with Crippen molar-refractivity contribution < 1.29 is 0 Å². The summed E-state index contributed by atoms with van der Waals surface area (Å²) < 4.78 is 0.832. The first-order valence-corrected chi connectivity index (χ1v) is 6.10. The van der Waals surface area contributed by atoms with Gasteiger partial charge in [-0.25, -0.2) is 15.0 Å². The Morgan fingerprint density at radius 3 is 2.65 bits per heavy atom. The standard InChI is InChI=1S/C10H8ClN5S/c1-16(2)10-14-5-6-9(13-4-3-12-6)17-7(5)8(11)15-10/h3-4H,1-2H3. The number of aromatic nitrogens is 4. The highest BCUT2D eigenvalue weighted by Gasteiger charge is 2.14. The minimum absolute atomic E-state index is 0.448. The van der Waals surface area contributed by atoms with Crippen LogP contribution in [-0.2, 0) is 0 Å². The van der Waals surface area contributed by atoms with Crippen LogP contribution in [0.2, 0.25) is 5.15 Å². The normalized spacial score (nSPS) is 11.2. The molecule has 0 aromatic carbocycles. The van der Waals surface area contributed by atoms with Crippen molar-refractivity contribution in [1.82, 2.24) is 19.9 Å². The highest BCUT2D eigenvalue weighted by atomic mass is 35.5. The number of rotatable bonds is 1. The number of nitrogens with zero attached hydrogens (tertiary/aromatic N) is 5. The van der Waals surface area contributed by atoms with Crippen LogP contribution in [0.4, 0.5) is 5.95 Å². The molecule has 3 heterocycles. The summed E-state index contributed by atoms with van der Waals surface area (Å²) in [4.78, 5) is 19.9. The SMILES string of the molecule is CN(C)c1nc(Cl)c2sc3nccnc3c2n1. The molecular weight excluding hydrogens is 258 g/mol. The molecule has 0 N–H and O–H groups in total. The van der Waals surface area contributed by atoms with E-state index in [1.165, 1.54) is 11.3 Å². The summed E-state index contributed by atoms with van der Waals surface area (Å²) in [5, 5.41) is 0.448. The van der Waals surface area contributed by atoms with Gasteiger partial charge in [0.2, 0.25) is 5.95 Å². The van der Waals surface area contributed by atoms with Crippen LogP contribution in [-0.4, -0.2) is 34.0 Å². The number of fused-ring (bicyclic) bond motifs is 3. The van der Waals surface area contributed by atoms with Gasteiger partial charge in [0.05, 0.1) is 4.70 Å². The third-order valence-corrected chi connectivity index (χ3v) is 3.77. The van der Waals surface area contributed by atoms with Crippen molar-refractivity contribution in [3.8, 4) is 0 Å². The number of hydrogen-bond acceptors (Lipinski definition) is 6. The Hall–Kier alpha value is -1.53. The van der Waals surface area contributed by atoms with E-state index in [-0.39, 0.29) is 0 Å². The second kappa shape index (κ2) is 3.75. The lowest BCUT2D eigenvalue weighted by Gasteiger charge is -2.09. The molecule has 0 aliphatic carbocycles. The molecule has 0 saturated carbocycles. The molecule has 0 fully saturated rings. The van der Waals surface area contributed by atoms with Crippen LogP contribution in [0, 0.1) is 0 Å². The summed E-state index contributed by atoms with van der Waals surface area (Å²) in [5.41, 5.74) is 1.54. The van der Waals surface area contributed by atoms with E-state index in [9.17, 15) is 0 Å². The van der Waals surface area contributed by atoms with Crippen molar-refractivity contribution in [2.45, 2.75) is 0 Å². The van der Waals surface area contributed by atoms with Gasteiger partial charge in [-0.1, -0.05) is 11.6 Å². The van der Waals surface area contributed by atoms with Gasteiger partial charge in [-0.05, 0) is 0 Å². The van der Waals surface area contributed by atoms with Gasteiger partial charge < -0.3 is 4.90 Å². The average Bonchev–Trinajstić information content (AvgIpc) is 2.68. The van der Waals surface area contributed by atoms with Crippen LogP contribution < -0.4 is 4.90 Å². The first-order valence-electron chi connectivity index (χ1n) is 4.91. The molecular formula is C10H8ClN5S. The monoisotopic (exact) mass is 265 g/mol. The molecule has 5 nitrogen and oxygen atoms in total. The van der Waals surface area contributed by atoms with E-state index in [2.05, 4.69) is 19.9 Å². The zero-order valence-electron chi connectivity index (χ0n) is 9.18. The van der Waals surface area contributed by atoms with Crippen LogP contribution in [0.25, 0.3) is 20.6 Å². The lowest BCUT2D eigenvalue weighted by molar-refractivity contribution is 1.02. The molecule has 0 radical (unpaired) electrons. The quantitative estimate of drug-likeness (QED) is 0.632. The van der Waals surface area contributed by atoms with E-state index in [1.807, 2.05) is 19.0 Å². The Kier molecular flexibility index (Phi) is 2.34. The van der Waals surface area contributed by atoms with Gasteiger partial charge >= 0.3 is 0 Å². The molecule has 0 aliphatic rings. The summed E-state index contributed by atoms with van der Waals surface area (Å²) in [6, 6.07) is 0. The topological polar surface area (TPSA) is 54.8 Å². The van der Waals surface area contributed by atoms with Crippen LogP contribution in [0.3, 0.4) is 0 Å². The molecule has 0 amide bonds. The molecule has 17 heavy (non-hydrogen) atoms. The molecule has 0 bridgehead atoms. The van der Waals surface area contributed by atoms with Crippen molar-refractivity contribution in [2.24, 2.45) is 0 Å². The summed E-state index contributed by atoms with van der Waals surface area (Å²) in [6.07, 6.45) is 3.31. The Morgan fingerprint density at radius 2 is 1.88 bits per heavy atom. The summed E-state index contributed by atoms with van der Waals surface area (Å²) in [6.45, 7) is 0. The minimum Gasteiger partial charge on any atom is -0.347 e. The van der Waals surface area contributed by atoms with Crippen LogP contribution in [0.15, 0.2) is 12.4 Å². The van der Waals surface area contributed by atoms with Gasteiger partial charge in [0.25, 0.3) is 0 Å². The van der Waals surface area contributed by atoms with Gasteiger partial charge in [-0.15, -0.1) is 11.3 Å². The first-order chi connectivity index (χ1) is 8.16. The molecule has 3 aromatic rings. The minimum atomic E-state index is 0.448. The third-order valence-electron chi connectivity index (χ3n) is 2.30. The highest BCUT2D eigenvalue weighted by molar-refractivity contribution is 7.25. The number of anilines is 1.